The van der Waals surface area contributed by atoms with Gasteiger partial charge in [-0.2, -0.15) is 0 Å². The molecule has 146 valence electrons. The van der Waals surface area contributed by atoms with Crippen LogP contribution in [0.1, 0.15) is 35.7 Å². The molecule has 0 aliphatic carbocycles. The van der Waals surface area contributed by atoms with Gasteiger partial charge < -0.3 is 15.0 Å². The van der Waals surface area contributed by atoms with Gasteiger partial charge in [-0.25, -0.2) is 9.97 Å². The highest BCUT2D eigenvalue weighted by molar-refractivity contribution is 7.99. The van der Waals surface area contributed by atoms with Gasteiger partial charge in [-0.05, 0) is 27.2 Å². The second-order valence-corrected chi connectivity index (χ2v) is 7.68. The molecule has 1 amide bonds. The van der Waals surface area contributed by atoms with Crippen molar-refractivity contribution in [3.63, 3.8) is 0 Å². The van der Waals surface area contributed by atoms with Crippen molar-refractivity contribution in [2.75, 3.05) is 17.7 Å². The Kier molecular flexibility index (Phi) is 7.55. The summed E-state index contributed by atoms with van der Waals surface area (Å²) in [7, 11) is 0. The largest absolute Gasteiger partial charge is 0.466 e. The van der Waals surface area contributed by atoms with E-state index in [0.717, 1.165) is 16.6 Å². The molecule has 0 spiro atoms. The lowest BCUT2D eigenvalue weighted by Gasteiger charge is -2.05. The molecule has 0 fully saturated rings. The molecule has 2 heterocycles. The van der Waals surface area contributed by atoms with Crippen LogP contribution in [0.2, 0.25) is 0 Å². The molecule has 0 saturated heterocycles. The molecule has 27 heavy (non-hydrogen) atoms. The number of H-pyrrole nitrogens is 1. The summed E-state index contributed by atoms with van der Waals surface area (Å²) in [6.45, 7) is 7.53. The topological polar surface area (TPSA) is 114 Å². The van der Waals surface area contributed by atoms with Crippen LogP contribution in [0.25, 0.3) is 0 Å². The molecule has 0 aliphatic heterocycles. The molecule has 0 aromatic carbocycles. The molecule has 2 N–H and O–H groups in total. The maximum absolute atomic E-state index is 12.1. The van der Waals surface area contributed by atoms with Crippen LogP contribution in [-0.4, -0.2) is 39.2 Å². The molecular formula is C17H22N4O4S2. The Balaban J connectivity index is 1.95. The van der Waals surface area contributed by atoms with Crippen molar-refractivity contribution >= 4 is 40.1 Å². The van der Waals surface area contributed by atoms with E-state index in [1.54, 1.807) is 20.8 Å². The number of carbonyl (C=O) groups is 2. The van der Waals surface area contributed by atoms with Crippen LogP contribution in [0.15, 0.2) is 9.95 Å². The van der Waals surface area contributed by atoms with Gasteiger partial charge in [0.05, 0.1) is 24.5 Å². The summed E-state index contributed by atoms with van der Waals surface area (Å²) >= 11 is 2.39. The predicted molar refractivity (Wildman–Crippen MR) is 106 cm³/mol. The zero-order chi connectivity index (χ0) is 20.0. The van der Waals surface area contributed by atoms with E-state index in [4.69, 9.17) is 4.74 Å². The van der Waals surface area contributed by atoms with Gasteiger partial charge in [0, 0.05) is 16.1 Å². The lowest BCUT2D eigenvalue weighted by molar-refractivity contribution is -0.142. The fraction of sp³-hybridized carbons (Fsp3) is 0.471. The SMILES string of the molecule is CCOC(=O)Cc1sc(NC(=O)CSc2nc(C)c(CC)c(=O)[nH]2)nc1C. The minimum absolute atomic E-state index is 0.0830. The molecule has 0 saturated carbocycles. The van der Waals surface area contributed by atoms with Crippen LogP contribution in [0, 0.1) is 13.8 Å². The van der Waals surface area contributed by atoms with Crippen LogP contribution in [0.3, 0.4) is 0 Å². The number of aromatic nitrogens is 3. The monoisotopic (exact) mass is 410 g/mol. The summed E-state index contributed by atoms with van der Waals surface area (Å²) in [6, 6.07) is 0. The molecule has 2 aromatic heterocycles. The Morgan fingerprint density at radius 2 is 1.96 bits per heavy atom. The van der Waals surface area contributed by atoms with E-state index in [1.165, 1.54) is 11.3 Å². The molecule has 8 nitrogen and oxygen atoms in total. The summed E-state index contributed by atoms with van der Waals surface area (Å²) in [5.41, 5.74) is 1.83. The number of hydrogen-bond acceptors (Lipinski definition) is 8. The molecular weight excluding hydrogens is 388 g/mol. The maximum Gasteiger partial charge on any atom is 0.311 e. The number of carbonyl (C=O) groups excluding carboxylic acids is 2. The first-order valence-corrected chi connectivity index (χ1v) is 10.3. The molecule has 0 unspecified atom stereocenters. The number of rotatable bonds is 8. The summed E-state index contributed by atoms with van der Waals surface area (Å²) in [6.07, 6.45) is 0.743. The summed E-state index contributed by atoms with van der Waals surface area (Å²) < 4.78 is 4.93. The van der Waals surface area contributed by atoms with Gasteiger partial charge >= 0.3 is 5.97 Å². The smallest absolute Gasteiger partial charge is 0.311 e. The van der Waals surface area contributed by atoms with Crippen molar-refractivity contribution in [3.05, 3.63) is 32.2 Å². The number of nitrogens with zero attached hydrogens (tertiary/aromatic N) is 2. The van der Waals surface area contributed by atoms with Gasteiger partial charge in [0.2, 0.25) is 5.91 Å². The van der Waals surface area contributed by atoms with E-state index in [1.807, 2.05) is 6.92 Å². The zero-order valence-electron chi connectivity index (χ0n) is 15.7. The second kappa shape index (κ2) is 9.65. The van der Waals surface area contributed by atoms with Gasteiger partial charge in [-0.15, -0.1) is 11.3 Å². The van der Waals surface area contributed by atoms with Crippen LogP contribution >= 0.6 is 23.1 Å². The number of anilines is 1. The highest BCUT2D eigenvalue weighted by atomic mass is 32.2. The number of amides is 1. The lowest BCUT2D eigenvalue weighted by atomic mass is 10.2. The van der Waals surface area contributed by atoms with Crippen molar-refractivity contribution in [1.29, 1.82) is 0 Å². The second-order valence-electron chi connectivity index (χ2n) is 5.63. The average Bonchev–Trinajstić information content (AvgIpc) is 2.92. The van der Waals surface area contributed by atoms with Crippen molar-refractivity contribution in [2.45, 2.75) is 45.7 Å². The Labute approximate surface area is 165 Å². The minimum Gasteiger partial charge on any atom is -0.466 e. The first-order valence-electron chi connectivity index (χ1n) is 8.48. The van der Waals surface area contributed by atoms with E-state index in [-0.39, 0.29) is 29.6 Å². The van der Waals surface area contributed by atoms with E-state index < -0.39 is 0 Å². The fourth-order valence-electron chi connectivity index (χ4n) is 2.35. The van der Waals surface area contributed by atoms with E-state index >= 15 is 0 Å². The number of nitrogens with one attached hydrogen (secondary N) is 2. The zero-order valence-corrected chi connectivity index (χ0v) is 17.3. The van der Waals surface area contributed by atoms with Crippen LogP contribution in [-0.2, 0) is 27.2 Å². The molecule has 0 atom stereocenters. The quantitative estimate of drug-likeness (QED) is 0.390. The Morgan fingerprint density at radius 3 is 2.59 bits per heavy atom. The number of thiazole rings is 1. The first kappa shape index (κ1) is 21.1. The van der Waals surface area contributed by atoms with Gasteiger partial charge in [0.1, 0.15) is 0 Å². The highest BCUT2D eigenvalue weighted by Crippen LogP contribution is 2.24. The molecule has 0 bridgehead atoms. The van der Waals surface area contributed by atoms with E-state index in [0.29, 0.717) is 40.3 Å². The van der Waals surface area contributed by atoms with Crippen molar-refractivity contribution in [1.82, 2.24) is 15.0 Å². The molecule has 10 heteroatoms. The third-order valence-corrected chi connectivity index (χ3v) is 5.59. The van der Waals surface area contributed by atoms with Crippen molar-refractivity contribution < 1.29 is 14.3 Å². The van der Waals surface area contributed by atoms with Crippen LogP contribution in [0.5, 0.6) is 0 Å². The van der Waals surface area contributed by atoms with Gasteiger partial charge in [0.15, 0.2) is 10.3 Å². The predicted octanol–water partition coefficient (Wildman–Crippen LogP) is 2.24. The number of aromatic amines is 1. The summed E-state index contributed by atoms with van der Waals surface area (Å²) in [4.78, 5) is 47.7. The Hall–Kier alpha value is -2.20. The fourth-order valence-corrected chi connectivity index (χ4v) is 4.02. The Bertz CT molecular complexity index is 892. The standard InChI is InChI=1S/C17H22N4O4S2/c1-5-11-9(3)18-16(21-15(11)24)26-8-13(22)20-17-19-10(4)12(27-17)7-14(23)25-6-2/h5-8H2,1-4H3,(H,18,21,24)(H,19,20,22). The highest BCUT2D eigenvalue weighted by Gasteiger charge is 2.15. The summed E-state index contributed by atoms with van der Waals surface area (Å²) in [5, 5.41) is 3.54. The van der Waals surface area contributed by atoms with E-state index in [2.05, 4.69) is 20.3 Å². The third-order valence-electron chi connectivity index (χ3n) is 3.64. The van der Waals surface area contributed by atoms with Gasteiger partial charge in [0.25, 0.3) is 5.56 Å². The molecule has 2 rings (SSSR count). The number of hydrogen-bond donors (Lipinski definition) is 2. The van der Waals surface area contributed by atoms with Crippen molar-refractivity contribution in [3.8, 4) is 0 Å². The maximum atomic E-state index is 12.1. The molecule has 0 aliphatic rings. The lowest BCUT2D eigenvalue weighted by Crippen LogP contribution is -2.18. The number of ether oxygens (including phenoxy) is 1. The van der Waals surface area contributed by atoms with Gasteiger partial charge in [-0.3, -0.25) is 14.4 Å². The average molecular weight is 411 g/mol. The Morgan fingerprint density at radius 1 is 1.22 bits per heavy atom. The first-order chi connectivity index (χ1) is 12.8. The normalized spacial score (nSPS) is 10.7. The third kappa shape index (κ3) is 5.90. The number of aryl methyl sites for hydroxylation is 2. The van der Waals surface area contributed by atoms with Crippen molar-refractivity contribution in [2.24, 2.45) is 0 Å². The molecule has 0 radical (unpaired) electrons. The summed E-state index contributed by atoms with van der Waals surface area (Å²) in [5.74, 6) is -0.505. The number of thioether (sulfide) groups is 1. The van der Waals surface area contributed by atoms with Crippen LogP contribution < -0.4 is 10.9 Å². The van der Waals surface area contributed by atoms with Gasteiger partial charge in [-0.1, -0.05) is 18.7 Å². The van der Waals surface area contributed by atoms with Crippen LogP contribution in [0.4, 0.5) is 5.13 Å². The minimum atomic E-state index is -0.321. The molecule has 2 aromatic rings. The van der Waals surface area contributed by atoms with E-state index in [9.17, 15) is 14.4 Å². The number of esters is 1.